The maximum Gasteiger partial charge on any atom is 0.387 e. The lowest BCUT2D eigenvalue weighted by molar-refractivity contribution is -0.122. The van der Waals surface area contributed by atoms with Crippen molar-refractivity contribution < 1.29 is 27.8 Å². The van der Waals surface area contributed by atoms with Crippen molar-refractivity contribution in [3.05, 3.63) is 41.2 Å². The van der Waals surface area contributed by atoms with E-state index < -0.39 is 18.4 Å². The second-order valence-corrected chi connectivity index (χ2v) is 5.56. The number of nitrogens with one attached hydrogen (secondary N) is 2. The zero-order valence-corrected chi connectivity index (χ0v) is 15.1. The number of nitrogens with zero attached hydrogens (tertiary/aromatic N) is 2. The van der Waals surface area contributed by atoms with Crippen LogP contribution in [-0.4, -0.2) is 34.8 Å². The number of aryl methyl sites for hydroxylation is 2. The Bertz CT molecular complexity index is 823. The van der Waals surface area contributed by atoms with Crippen LogP contribution in [-0.2, 0) is 11.3 Å². The summed E-state index contributed by atoms with van der Waals surface area (Å²) in [4.78, 5) is 24.1. The van der Waals surface area contributed by atoms with Gasteiger partial charge in [0.2, 0.25) is 0 Å². The second-order valence-electron chi connectivity index (χ2n) is 5.56. The molecule has 2 N–H and O–H groups in total. The lowest BCUT2D eigenvalue weighted by Gasteiger charge is -2.13. The number of alkyl halides is 2. The molecule has 2 aromatic rings. The SMILES string of the molecule is CCOc1cc(C(=O)NNC(=O)Cn2nc(C)cc2C)ccc1OC(F)F. The van der Waals surface area contributed by atoms with Crippen molar-refractivity contribution >= 4 is 11.8 Å². The van der Waals surface area contributed by atoms with Gasteiger partial charge in [0, 0.05) is 11.3 Å². The first-order valence-electron chi connectivity index (χ1n) is 8.12. The minimum Gasteiger partial charge on any atom is -0.490 e. The highest BCUT2D eigenvalue weighted by Gasteiger charge is 2.15. The van der Waals surface area contributed by atoms with E-state index in [0.717, 1.165) is 11.4 Å². The highest BCUT2D eigenvalue weighted by molar-refractivity contribution is 5.96. The third kappa shape index (κ3) is 5.66. The monoisotopic (exact) mass is 382 g/mol. The molecule has 0 atom stereocenters. The fourth-order valence-corrected chi connectivity index (χ4v) is 2.32. The molecule has 146 valence electrons. The number of ether oxygens (including phenoxy) is 2. The van der Waals surface area contributed by atoms with Crippen LogP contribution in [0.3, 0.4) is 0 Å². The first-order chi connectivity index (χ1) is 12.8. The van der Waals surface area contributed by atoms with E-state index in [1.165, 1.54) is 22.9 Å². The van der Waals surface area contributed by atoms with Gasteiger partial charge in [-0.3, -0.25) is 25.1 Å². The van der Waals surface area contributed by atoms with Crippen LogP contribution >= 0.6 is 0 Å². The van der Waals surface area contributed by atoms with Gasteiger partial charge in [-0.1, -0.05) is 0 Å². The topological polar surface area (TPSA) is 94.5 Å². The van der Waals surface area contributed by atoms with E-state index >= 15 is 0 Å². The van der Waals surface area contributed by atoms with Crippen molar-refractivity contribution in [3.8, 4) is 11.5 Å². The predicted octanol–water partition coefficient (Wildman–Crippen LogP) is 1.96. The van der Waals surface area contributed by atoms with Gasteiger partial charge in [-0.2, -0.15) is 13.9 Å². The zero-order chi connectivity index (χ0) is 20.0. The zero-order valence-electron chi connectivity index (χ0n) is 15.1. The second kappa shape index (κ2) is 8.97. The number of aromatic nitrogens is 2. The van der Waals surface area contributed by atoms with E-state index in [2.05, 4.69) is 20.7 Å². The molecule has 0 aliphatic rings. The number of hydrogen-bond acceptors (Lipinski definition) is 5. The van der Waals surface area contributed by atoms with Crippen LogP contribution < -0.4 is 20.3 Å². The van der Waals surface area contributed by atoms with Gasteiger partial charge in [-0.15, -0.1) is 0 Å². The van der Waals surface area contributed by atoms with Crippen LogP contribution in [0.2, 0.25) is 0 Å². The molecule has 10 heteroatoms. The molecule has 0 aliphatic carbocycles. The van der Waals surface area contributed by atoms with Crippen molar-refractivity contribution in [1.82, 2.24) is 20.6 Å². The minimum atomic E-state index is -3.02. The quantitative estimate of drug-likeness (QED) is 0.714. The normalized spacial score (nSPS) is 10.6. The summed E-state index contributed by atoms with van der Waals surface area (Å²) in [5, 5.41) is 4.15. The number of carbonyl (C=O) groups is 2. The van der Waals surface area contributed by atoms with E-state index in [0.29, 0.717) is 0 Å². The molecule has 0 spiro atoms. The van der Waals surface area contributed by atoms with Crippen molar-refractivity contribution in [2.45, 2.75) is 33.9 Å². The predicted molar refractivity (Wildman–Crippen MR) is 91.6 cm³/mol. The Labute approximate surface area is 154 Å². The fourth-order valence-electron chi connectivity index (χ4n) is 2.32. The lowest BCUT2D eigenvalue weighted by Crippen LogP contribution is -2.43. The summed E-state index contributed by atoms with van der Waals surface area (Å²) in [6, 6.07) is 5.56. The molecule has 1 aromatic carbocycles. The Morgan fingerprint density at radius 1 is 1.19 bits per heavy atom. The molecule has 0 unspecified atom stereocenters. The van der Waals surface area contributed by atoms with Gasteiger partial charge >= 0.3 is 6.61 Å². The molecule has 0 saturated carbocycles. The Morgan fingerprint density at radius 3 is 2.52 bits per heavy atom. The van der Waals surface area contributed by atoms with Gasteiger partial charge in [0.25, 0.3) is 11.8 Å². The fraction of sp³-hybridized carbons (Fsp3) is 0.353. The maximum atomic E-state index is 12.4. The number of benzene rings is 1. The Morgan fingerprint density at radius 2 is 1.93 bits per heavy atom. The minimum absolute atomic E-state index is 0.000539. The standard InChI is InChI=1S/C17H20F2N4O4/c1-4-26-14-8-12(5-6-13(14)27-17(18)19)16(25)21-20-15(24)9-23-11(3)7-10(2)22-23/h5-8,17H,4,9H2,1-3H3,(H,20,24)(H,21,25). The van der Waals surface area contributed by atoms with Gasteiger partial charge in [-0.25, -0.2) is 0 Å². The molecule has 0 fully saturated rings. The molecule has 1 aromatic heterocycles. The van der Waals surface area contributed by atoms with Crippen LogP contribution in [0.25, 0.3) is 0 Å². The molecule has 0 aliphatic heterocycles. The average molecular weight is 382 g/mol. The molecule has 0 bridgehead atoms. The summed E-state index contributed by atoms with van der Waals surface area (Å²) in [6.45, 7) is 2.40. The number of halogens is 2. The average Bonchev–Trinajstić information content (AvgIpc) is 2.91. The van der Waals surface area contributed by atoms with Crippen molar-refractivity contribution in [2.75, 3.05) is 6.61 Å². The number of carbonyl (C=O) groups excluding carboxylic acids is 2. The van der Waals surface area contributed by atoms with E-state index in [-0.39, 0.29) is 30.2 Å². The van der Waals surface area contributed by atoms with E-state index in [1.807, 2.05) is 13.0 Å². The summed E-state index contributed by atoms with van der Waals surface area (Å²) in [5.74, 6) is -1.30. The summed E-state index contributed by atoms with van der Waals surface area (Å²) in [6.07, 6.45) is 0. The highest BCUT2D eigenvalue weighted by atomic mass is 19.3. The van der Waals surface area contributed by atoms with Gasteiger partial charge in [0.15, 0.2) is 11.5 Å². The Kier molecular flexibility index (Phi) is 6.69. The summed E-state index contributed by atoms with van der Waals surface area (Å²) >= 11 is 0. The van der Waals surface area contributed by atoms with Crippen molar-refractivity contribution in [1.29, 1.82) is 0 Å². The molecular weight excluding hydrogens is 362 g/mol. The molecule has 2 amide bonds. The number of hydrogen-bond donors (Lipinski definition) is 2. The lowest BCUT2D eigenvalue weighted by atomic mass is 10.2. The molecule has 1 heterocycles. The summed E-state index contributed by atoms with van der Waals surface area (Å²) < 4.78 is 35.9. The Hall–Kier alpha value is -3.17. The molecule has 0 radical (unpaired) electrons. The van der Waals surface area contributed by atoms with Crippen molar-refractivity contribution in [2.24, 2.45) is 0 Å². The first kappa shape index (κ1) is 20.1. The molecule has 27 heavy (non-hydrogen) atoms. The number of rotatable bonds is 7. The van der Waals surface area contributed by atoms with Gasteiger partial charge < -0.3 is 9.47 Å². The third-order valence-corrected chi connectivity index (χ3v) is 3.43. The Balaban J connectivity index is 1.99. The third-order valence-electron chi connectivity index (χ3n) is 3.43. The van der Waals surface area contributed by atoms with Crippen LogP contribution in [0.4, 0.5) is 8.78 Å². The largest absolute Gasteiger partial charge is 0.490 e. The van der Waals surface area contributed by atoms with E-state index in [1.54, 1.807) is 13.8 Å². The molecule has 8 nitrogen and oxygen atoms in total. The van der Waals surface area contributed by atoms with Gasteiger partial charge in [-0.05, 0) is 45.0 Å². The van der Waals surface area contributed by atoms with Crippen LogP contribution in [0.1, 0.15) is 28.7 Å². The maximum absolute atomic E-state index is 12.4. The van der Waals surface area contributed by atoms with Crippen LogP contribution in [0.15, 0.2) is 24.3 Å². The molecule has 0 saturated heterocycles. The van der Waals surface area contributed by atoms with Gasteiger partial charge in [0.05, 0.1) is 12.3 Å². The van der Waals surface area contributed by atoms with E-state index in [9.17, 15) is 18.4 Å². The van der Waals surface area contributed by atoms with Crippen molar-refractivity contribution in [3.63, 3.8) is 0 Å². The van der Waals surface area contributed by atoms with Crippen LogP contribution in [0, 0.1) is 13.8 Å². The number of amides is 2. The molecule has 2 rings (SSSR count). The highest BCUT2D eigenvalue weighted by Crippen LogP contribution is 2.29. The van der Waals surface area contributed by atoms with Gasteiger partial charge in [0.1, 0.15) is 6.54 Å². The van der Waals surface area contributed by atoms with E-state index in [4.69, 9.17) is 4.74 Å². The summed E-state index contributed by atoms with van der Waals surface area (Å²) in [7, 11) is 0. The first-order valence-corrected chi connectivity index (χ1v) is 8.12. The number of hydrazine groups is 1. The smallest absolute Gasteiger partial charge is 0.387 e. The molecular formula is C17H20F2N4O4. The summed E-state index contributed by atoms with van der Waals surface area (Å²) in [5.41, 5.74) is 6.21. The van der Waals surface area contributed by atoms with Crippen LogP contribution in [0.5, 0.6) is 11.5 Å².